The van der Waals surface area contributed by atoms with Crippen molar-refractivity contribution in [2.75, 3.05) is 4.90 Å². The number of amides is 1. The molecule has 5 heteroatoms. The van der Waals surface area contributed by atoms with Crippen molar-refractivity contribution in [1.29, 1.82) is 0 Å². The molecule has 138 valence electrons. The number of Topliss-reactive ketones (excluding diaryl/α,β-unsaturated/α-hetero) is 1. The second-order valence-corrected chi connectivity index (χ2v) is 6.42. The Morgan fingerprint density at radius 2 is 1.39 bits per heavy atom. The first kappa shape index (κ1) is 17.7. The van der Waals surface area contributed by atoms with Gasteiger partial charge in [-0.2, -0.15) is 0 Å². The van der Waals surface area contributed by atoms with Crippen LogP contribution in [0.1, 0.15) is 17.2 Å². The number of nitrogens with zero attached hydrogens (tertiary/aromatic N) is 1. The van der Waals surface area contributed by atoms with Gasteiger partial charge in [0.15, 0.2) is 0 Å². The fourth-order valence-electron chi connectivity index (χ4n) is 3.40. The minimum Gasteiger partial charge on any atom is -0.507 e. The first-order chi connectivity index (χ1) is 13.6. The van der Waals surface area contributed by atoms with Crippen LogP contribution in [-0.2, 0) is 9.59 Å². The van der Waals surface area contributed by atoms with E-state index in [1.54, 1.807) is 54.6 Å². The number of anilines is 1. The molecule has 0 bridgehead atoms. The molecule has 0 radical (unpaired) electrons. The molecule has 4 rings (SSSR count). The number of rotatable bonds is 3. The zero-order chi connectivity index (χ0) is 19.7. The van der Waals surface area contributed by atoms with Crippen molar-refractivity contribution in [3.8, 4) is 0 Å². The van der Waals surface area contributed by atoms with Gasteiger partial charge >= 0.3 is 0 Å². The summed E-state index contributed by atoms with van der Waals surface area (Å²) in [7, 11) is 0. The Hall–Kier alpha value is -3.73. The van der Waals surface area contributed by atoms with E-state index in [2.05, 4.69) is 0 Å². The molecular weight excluding hydrogens is 357 g/mol. The average molecular weight is 373 g/mol. The molecule has 3 aromatic carbocycles. The van der Waals surface area contributed by atoms with Gasteiger partial charge in [0.25, 0.3) is 11.7 Å². The summed E-state index contributed by atoms with van der Waals surface area (Å²) in [5, 5.41) is 10.9. The summed E-state index contributed by atoms with van der Waals surface area (Å²) >= 11 is 0. The second-order valence-electron chi connectivity index (χ2n) is 6.42. The monoisotopic (exact) mass is 373 g/mol. The van der Waals surface area contributed by atoms with Crippen LogP contribution in [-0.4, -0.2) is 16.8 Å². The molecule has 0 aliphatic carbocycles. The standard InChI is InChI=1S/C23H16FNO3/c24-17-11-13-18(14-12-17)25-20(15-7-3-1-4-8-15)19(22(27)23(25)28)21(26)16-9-5-2-6-10-16/h1-14,20,26H/b21-19+. The van der Waals surface area contributed by atoms with E-state index in [0.717, 1.165) is 0 Å². The SMILES string of the molecule is O=C1C(=O)N(c2ccc(F)cc2)C(c2ccccc2)/C1=C(\O)c1ccccc1. The summed E-state index contributed by atoms with van der Waals surface area (Å²) in [5.41, 5.74) is 1.50. The van der Waals surface area contributed by atoms with Gasteiger partial charge in [-0.3, -0.25) is 14.5 Å². The Kier molecular flexibility index (Phi) is 4.49. The molecule has 1 amide bonds. The van der Waals surface area contributed by atoms with Gasteiger partial charge in [-0.1, -0.05) is 60.7 Å². The van der Waals surface area contributed by atoms with Crippen LogP contribution in [0.15, 0.2) is 90.5 Å². The Morgan fingerprint density at radius 1 is 0.821 bits per heavy atom. The molecule has 1 aliphatic heterocycles. The molecule has 1 fully saturated rings. The summed E-state index contributed by atoms with van der Waals surface area (Å²) in [6.45, 7) is 0. The maximum atomic E-state index is 13.4. The normalized spacial score (nSPS) is 18.5. The molecule has 0 saturated carbocycles. The largest absolute Gasteiger partial charge is 0.507 e. The topological polar surface area (TPSA) is 57.6 Å². The number of ketones is 1. The van der Waals surface area contributed by atoms with E-state index in [0.29, 0.717) is 16.8 Å². The van der Waals surface area contributed by atoms with Crippen LogP contribution >= 0.6 is 0 Å². The van der Waals surface area contributed by atoms with Crippen LogP contribution in [0.4, 0.5) is 10.1 Å². The predicted octanol–water partition coefficient (Wildman–Crippen LogP) is 4.45. The minimum absolute atomic E-state index is 0.00623. The molecule has 4 nitrogen and oxygen atoms in total. The van der Waals surface area contributed by atoms with E-state index < -0.39 is 23.5 Å². The lowest BCUT2D eigenvalue weighted by Crippen LogP contribution is -2.29. The highest BCUT2D eigenvalue weighted by atomic mass is 19.1. The first-order valence-electron chi connectivity index (χ1n) is 8.75. The van der Waals surface area contributed by atoms with Gasteiger partial charge in [0.05, 0.1) is 11.6 Å². The third-order valence-corrected chi connectivity index (χ3v) is 4.71. The molecular formula is C23H16FNO3. The summed E-state index contributed by atoms with van der Waals surface area (Å²) in [6.07, 6.45) is 0. The van der Waals surface area contributed by atoms with Gasteiger partial charge in [-0.05, 0) is 29.8 Å². The lowest BCUT2D eigenvalue weighted by Gasteiger charge is -2.25. The Bertz CT molecular complexity index is 1060. The fraction of sp³-hybridized carbons (Fsp3) is 0.0435. The zero-order valence-electron chi connectivity index (χ0n) is 14.7. The molecule has 1 N–H and O–H groups in total. The Balaban J connectivity index is 1.94. The molecule has 28 heavy (non-hydrogen) atoms. The van der Waals surface area contributed by atoms with Crippen LogP contribution in [0.2, 0.25) is 0 Å². The summed E-state index contributed by atoms with van der Waals surface area (Å²) < 4.78 is 13.4. The molecule has 0 spiro atoms. The molecule has 0 aromatic heterocycles. The number of carbonyl (C=O) groups is 2. The Labute approximate surface area is 161 Å². The van der Waals surface area contributed by atoms with Crippen molar-refractivity contribution in [3.05, 3.63) is 107 Å². The lowest BCUT2D eigenvalue weighted by molar-refractivity contribution is -0.132. The van der Waals surface area contributed by atoms with Crippen molar-refractivity contribution < 1.29 is 19.1 Å². The number of hydrogen-bond donors (Lipinski definition) is 1. The number of carbonyl (C=O) groups excluding carboxylic acids is 2. The van der Waals surface area contributed by atoms with Crippen LogP contribution in [0.3, 0.4) is 0 Å². The van der Waals surface area contributed by atoms with E-state index >= 15 is 0 Å². The van der Waals surface area contributed by atoms with Gasteiger partial charge < -0.3 is 5.11 Å². The second kappa shape index (κ2) is 7.12. The number of aliphatic hydroxyl groups excluding tert-OH is 1. The van der Waals surface area contributed by atoms with Crippen LogP contribution in [0, 0.1) is 5.82 Å². The van der Waals surface area contributed by atoms with Crippen molar-refractivity contribution in [1.82, 2.24) is 0 Å². The minimum atomic E-state index is -0.813. The quantitative estimate of drug-likeness (QED) is 0.419. The summed E-state index contributed by atoms with van der Waals surface area (Å²) in [4.78, 5) is 27.0. The molecule has 1 heterocycles. The van der Waals surface area contributed by atoms with Crippen LogP contribution < -0.4 is 4.90 Å². The molecule has 1 unspecified atom stereocenters. The zero-order valence-corrected chi connectivity index (χ0v) is 14.7. The van der Waals surface area contributed by atoms with E-state index in [-0.39, 0.29) is 11.3 Å². The maximum Gasteiger partial charge on any atom is 0.300 e. The van der Waals surface area contributed by atoms with Crippen LogP contribution in [0.25, 0.3) is 5.76 Å². The number of hydrogen-bond acceptors (Lipinski definition) is 3. The third-order valence-electron chi connectivity index (χ3n) is 4.71. The molecule has 3 aromatic rings. The Morgan fingerprint density at radius 3 is 2.00 bits per heavy atom. The third kappa shape index (κ3) is 2.97. The number of aliphatic hydroxyl groups is 1. The van der Waals surface area contributed by atoms with Crippen molar-refractivity contribution in [2.45, 2.75) is 6.04 Å². The number of halogens is 1. The van der Waals surface area contributed by atoms with E-state index in [1.165, 1.54) is 29.2 Å². The van der Waals surface area contributed by atoms with Crippen molar-refractivity contribution >= 4 is 23.1 Å². The van der Waals surface area contributed by atoms with E-state index in [9.17, 15) is 19.1 Å². The van der Waals surface area contributed by atoms with Gasteiger partial charge in [0, 0.05) is 11.3 Å². The molecule has 1 aliphatic rings. The van der Waals surface area contributed by atoms with Gasteiger partial charge in [-0.25, -0.2) is 4.39 Å². The average Bonchev–Trinajstić information content (AvgIpc) is 3.00. The van der Waals surface area contributed by atoms with Crippen molar-refractivity contribution in [3.63, 3.8) is 0 Å². The van der Waals surface area contributed by atoms with E-state index in [1.807, 2.05) is 6.07 Å². The van der Waals surface area contributed by atoms with Crippen LogP contribution in [0.5, 0.6) is 0 Å². The first-order valence-corrected chi connectivity index (χ1v) is 8.75. The fourth-order valence-corrected chi connectivity index (χ4v) is 3.40. The van der Waals surface area contributed by atoms with Gasteiger partial charge in [-0.15, -0.1) is 0 Å². The summed E-state index contributed by atoms with van der Waals surface area (Å²) in [5.74, 6) is -2.23. The molecule has 1 atom stereocenters. The highest BCUT2D eigenvalue weighted by Crippen LogP contribution is 2.41. The predicted molar refractivity (Wildman–Crippen MR) is 104 cm³/mol. The van der Waals surface area contributed by atoms with Gasteiger partial charge in [0.2, 0.25) is 0 Å². The lowest BCUT2D eigenvalue weighted by atomic mass is 9.95. The highest BCUT2D eigenvalue weighted by Gasteiger charge is 2.46. The molecule has 1 saturated heterocycles. The highest BCUT2D eigenvalue weighted by molar-refractivity contribution is 6.51. The maximum absolute atomic E-state index is 13.4. The number of benzene rings is 3. The summed E-state index contributed by atoms with van der Waals surface area (Å²) in [6, 6.07) is 22.1. The van der Waals surface area contributed by atoms with Crippen molar-refractivity contribution in [2.24, 2.45) is 0 Å². The van der Waals surface area contributed by atoms with E-state index in [4.69, 9.17) is 0 Å². The van der Waals surface area contributed by atoms with Gasteiger partial charge in [0.1, 0.15) is 11.6 Å². The smallest absolute Gasteiger partial charge is 0.300 e.